The average Bonchev–Trinajstić information content (AvgIpc) is 2.43. The van der Waals surface area contributed by atoms with Gasteiger partial charge in [-0.25, -0.2) is 0 Å². The topological polar surface area (TPSA) is 26.3 Å². The summed E-state index contributed by atoms with van der Waals surface area (Å²) in [6.07, 6.45) is 20.6. The van der Waals surface area contributed by atoms with Crippen LogP contribution in [0.25, 0.3) is 0 Å². The van der Waals surface area contributed by atoms with Gasteiger partial charge in [0.2, 0.25) is 0 Å². The molecule has 0 aliphatic heterocycles. The number of allylic oxidation sites excluding steroid dienone is 2. The molecule has 0 saturated heterocycles. The molecule has 20 heavy (non-hydrogen) atoms. The van der Waals surface area contributed by atoms with Gasteiger partial charge in [-0.05, 0) is 25.7 Å². The minimum atomic E-state index is -0.331. The highest BCUT2D eigenvalue weighted by molar-refractivity contribution is 5.67. The largest absolute Gasteiger partial charge is 0.372 e. The lowest BCUT2D eigenvalue weighted by atomic mass is 10.1. The molecule has 0 heterocycles. The van der Waals surface area contributed by atoms with Crippen LogP contribution in [0.2, 0.25) is 0 Å². The molecule has 114 valence electrons. The second-order valence-corrected chi connectivity index (χ2v) is 5.12. The predicted octanol–water partition coefficient (Wildman–Crippen LogP) is 5.38. The molecule has 0 aliphatic carbocycles. The molecule has 0 rings (SSSR count). The van der Waals surface area contributed by atoms with E-state index in [1.807, 2.05) is 0 Å². The number of esters is 1. The van der Waals surface area contributed by atoms with Crippen LogP contribution in [-0.4, -0.2) is 5.97 Å². The Morgan fingerprint density at radius 3 is 2.15 bits per heavy atom. The number of carbonyl (C=O) groups is 1. The van der Waals surface area contributed by atoms with E-state index in [2.05, 4.69) is 35.8 Å². The molecule has 2 nitrogen and oxygen atoms in total. The minimum absolute atomic E-state index is 0.331. The molecule has 2 heteroatoms. The van der Waals surface area contributed by atoms with E-state index < -0.39 is 0 Å². The molecular weight excluding hydrogens is 248 g/mol. The Balaban J connectivity index is 3.11. The van der Waals surface area contributed by atoms with Gasteiger partial charge >= 0.3 is 5.97 Å². The van der Waals surface area contributed by atoms with E-state index in [4.69, 9.17) is 0 Å². The molecule has 0 saturated carbocycles. The molecule has 0 aromatic heterocycles. The third-order valence-corrected chi connectivity index (χ3v) is 3.09. The highest BCUT2D eigenvalue weighted by Gasteiger charge is 1.91. The van der Waals surface area contributed by atoms with Crippen molar-refractivity contribution in [1.29, 1.82) is 0 Å². The highest BCUT2D eigenvalue weighted by Crippen LogP contribution is 2.10. The van der Waals surface area contributed by atoms with E-state index in [1.54, 1.807) is 0 Å². The zero-order valence-corrected chi connectivity index (χ0v) is 13.2. The maximum absolute atomic E-state index is 10.4. The Hall–Kier alpha value is -1.23. The molecule has 0 aliphatic rings. The van der Waals surface area contributed by atoms with Crippen LogP contribution in [0.5, 0.6) is 0 Å². The van der Waals surface area contributed by atoms with Crippen LogP contribution in [0, 0.1) is 12.0 Å². The SMILES string of the molecule is CCC=CCCCCCCCCCCC#COC(C)=O. The van der Waals surface area contributed by atoms with Gasteiger partial charge in [-0.15, -0.1) is 0 Å². The van der Waals surface area contributed by atoms with Crippen LogP contribution in [0.15, 0.2) is 12.2 Å². The van der Waals surface area contributed by atoms with Crippen molar-refractivity contribution in [3.63, 3.8) is 0 Å². The van der Waals surface area contributed by atoms with Gasteiger partial charge in [0, 0.05) is 13.3 Å². The van der Waals surface area contributed by atoms with Gasteiger partial charge in [0.25, 0.3) is 0 Å². The molecular formula is C18H30O2. The van der Waals surface area contributed by atoms with E-state index >= 15 is 0 Å². The van der Waals surface area contributed by atoms with Crippen LogP contribution >= 0.6 is 0 Å². The smallest absolute Gasteiger partial charge is 0.316 e. The monoisotopic (exact) mass is 278 g/mol. The lowest BCUT2D eigenvalue weighted by molar-refractivity contribution is -0.134. The maximum atomic E-state index is 10.4. The number of hydrogen-bond donors (Lipinski definition) is 0. The van der Waals surface area contributed by atoms with Crippen LogP contribution in [-0.2, 0) is 9.53 Å². The van der Waals surface area contributed by atoms with E-state index in [1.165, 1.54) is 58.3 Å². The van der Waals surface area contributed by atoms with Crippen LogP contribution in [0.1, 0.15) is 84.5 Å². The average molecular weight is 278 g/mol. The van der Waals surface area contributed by atoms with Gasteiger partial charge in [-0.1, -0.05) is 63.5 Å². The Morgan fingerprint density at radius 2 is 1.55 bits per heavy atom. The molecule has 0 bridgehead atoms. The van der Waals surface area contributed by atoms with Crippen LogP contribution < -0.4 is 0 Å². The molecule has 0 spiro atoms. The van der Waals surface area contributed by atoms with E-state index in [0.29, 0.717) is 0 Å². The van der Waals surface area contributed by atoms with Gasteiger partial charge in [0.15, 0.2) is 0 Å². The molecule has 0 fully saturated rings. The summed E-state index contributed by atoms with van der Waals surface area (Å²) in [7, 11) is 0. The Kier molecular flexibility index (Phi) is 14.9. The fourth-order valence-electron chi connectivity index (χ4n) is 1.98. The maximum Gasteiger partial charge on any atom is 0.316 e. The second kappa shape index (κ2) is 15.8. The summed E-state index contributed by atoms with van der Waals surface area (Å²) in [6.45, 7) is 3.55. The summed E-state index contributed by atoms with van der Waals surface area (Å²) in [4.78, 5) is 10.4. The van der Waals surface area contributed by atoms with Crippen molar-refractivity contribution in [3.8, 4) is 12.0 Å². The summed E-state index contributed by atoms with van der Waals surface area (Å²) in [6, 6.07) is 0. The molecule has 0 amide bonds. The van der Waals surface area contributed by atoms with Crippen molar-refractivity contribution in [2.45, 2.75) is 84.5 Å². The summed E-state index contributed by atoms with van der Waals surface area (Å²) >= 11 is 0. The van der Waals surface area contributed by atoms with Gasteiger partial charge < -0.3 is 4.74 Å². The van der Waals surface area contributed by atoms with Gasteiger partial charge in [-0.3, -0.25) is 4.79 Å². The zero-order chi connectivity index (χ0) is 14.9. The van der Waals surface area contributed by atoms with Crippen molar-refractivity contribution in [2.24, 2.45) is 0 Å². The lowest BCUT2D eigenvalue weighted by Gasteiger charge is -2.00. The Labute approximate surface area is 125 Å². The van der Waals surface area contributed by atoms with Crippen molar-refractivity contribution in [2.75, 3.05) is 0 Å². The van der Waals surface area contributed by atoms with E-state index in [0.717, 1.165) is 19.3 Å². The van der Waals surface area contributed by atoms with Crippen molar-refractivity contribution in [1.82, 2.24) is 0 Å². The number of ether oxygens (including phenoxy) is 1. The fourth-order valence-corrected chi connectivity index (χ4v) is 1.98. The second-order valence-electron chi connectivity index (χ2n) is 5.12. The van der Waals surface area contributed by atoms with Crippen LogP contribution in [0.4, 0.5) is 0 Å². The van der Waals surface area contributed by atoms with Crippen LogP contribution in [0.3, 0.4) is 0 Å². The molecule has 0 aromatic rings. The Morgan fingerprint density at radius 1 is 0.950 bits per heavy atom. The summed E-state index contributed by atoms with van der Waals surface area (Å²) < 4.78 is 4.54. The fraction of sp³-hybridized carbons (Fsp3) is 0.722. The van der Waals surface area contributed by atoms with E-state index in [-0.39, 0.29) is 5.97 Å². The summed E-state index contributed by atoms with van der Waals surface area (Å²) in [5.74, 6) is 2.52. The van der Waals surface area contributed by atoms with E-state index in [9.17, 15) is 4.79 Å². The highest BCUT2D eigenvalue weighted by atomic mass is 16.5. The minimum Gasteiger partial charge on any atom is -0.372 e. The molecule has 0 atom stereocenters. The standard InChI is InChI=1S/C18H30O2/c1-3-4-5-6-7-8-9-10-11-12-13-14-15-16-17-20-18(2)19/h4-5H,3,6-15H2,1-2H3. The van der Waals surface area contributed by atoms with Gasteiger partial charge in [0.1, 0.15) is 6.11 Å². The first-order chi connectivity index (χ1) is 9.77. The molecule has 0 radical (unpaired) electrons. The third-order valence-electron chi connectivity index (χ3n) is 3.09. The van der Waals surface area contributed by atoms with Gasteiger partial charge in [0.05, 0.1) is 0 Å². The first-order valence-electron chi connectivity index (χ1n) is 8.07. The quantitative estimate of drug-likeness (QED) is 0.219. The Bertz CT molecular complexity index is 307. The van der Waals surface area contributed by atoms with Crippen molar-refractivity contribution in [3.05, 3.63) is 12.2 Å². The van der Waals surface area contributed by atoms with Crippen molar-refractivity contribution < 1.29 is 9.53 Å². The normalized spacial score (nSPS) is 10.3. The zero-order valence-electron chi connectivity index (χ0n) is 13.2. The van der Waals surface area contributed by atoms with Crippen molar-refractivity contribution >= 4 is 5.97 Å². The van der Waals surface area contributed by atoms with Gasteiger partial charge in [-0.2, -0.15) is 0 Å². The number of hydrogen-bond acceptors (Lipinski definition) is 2. The molecule has 0 unspecified atom stereocenters. The summed E-state index contributed by atoms with van der Waals surface area (Å²) in [5, 5.41) is 0. The predicted molar refractivity (Wildman–Crippen MR) is 85.1 cm³/mol. The number of unbranched alkanes of at least 4 members (excludes halogenated alkanes) is 9. The first kappa shape index (κ1) is 18.8. The lowest BCUT2D eigenvalue weighted by Crippen LogP contribution is -1.89. The number of carbonyl (C=O) groups excluding carboxylic acids is 1. The first-order valence-corrected chi connectivity index (χ1v) is 8.07. The molecule has 0 N–H and O–H groups in total. The third kappa shape index (κ3) is 16.8. The summed E-state index contributed by atoms with van der Waals surface area (Å²) in [5.41, 5.74) is 0. The molecule has 0 aromatic carbocycles. The number of rotatable bonds is 11.